The number of carbonyl (C=O) groups excluding carboxylic acids is 2. The number of carbonyl (C=O) groups is 2. The summed E-state index contributed by atoms with van der Waals surface area (Å²) >= 11 is 0. The molecule has 0 unspecified atom stereocenters. The van der Waals surface area contributed by atoms with Gasteiger partial charge in [0.25, 0.3) is 0 Å². The van der Waals surface area contributed by atoms with Gasteiger partial charge in [-0.2, -0.15) is 0 Å². The van der Waals surface area contributed by atoms with Crippen molar-refractivity contribution in [3.05, 3.63) is 0 Å². The lowest BCUT2D eigenvalue weighted by molar-refractivity contribution is -0.132. The molecule has 4 heteroatoms. The maximum absolute atomic E-state index is 11.7. The zero-order valence-corrected chi connectivity index (χ0v) is 11.3. The summed E-state index contributed by atoms with van der Waals surface area (Å²) in [6.45, 7) is 2.20. The molecule has 2 rings (SSSR count). The molecule has 2 aliphatic carbocycles. The SMILES string of the molecule is CC(=O)N(CCC(=O)NC1CC1)C1CCCCC1. The Morgan fingerprint density at radius 3 is 2.33 bits per heavy atom. The topological polar surface area (TPSA) is 49.4 Å². The Hall–Kier alpha value is -1.06. The van der Waals surface area contributed by atoms with E-state index in [2.05, 4.69) is 5.32 Å². The van der Waals surface area contributed by atoms with E-state index < -0.39 is 0 Å². The van der Waals surface area contributed by atoms with Crippen molar-refractivity contribution < 1.29 is 9.59 Å². The predicted molar refractivity (Wildman–Crippen MR) is 70.0 cm³/mol. The molecule has 0 saturated heterocycles. The second-order valence-electron chi connectivity index (χ2n) is 5.60. The molecule has 0 atom stereocenters. The van der Waals surface area contributed by atoms with Gasteiger partial charge in [0, 0.05) is 32.0 Å². The molecular weight excluding hydrogens is 228 g/mol. The van der Waals surface area contributed by atoms with Crippen LogP contribution < -0.4 is 5.32 Å². The first-order chi connectivity index (χ1) is 8.66. The van der Waals surface area contributed by atoms with Crippen LogP contribution >= 0.6 is 0 Å². The molecule has 1 N–H and O–H groups in total. The Kier molecular flexibility index (Phi) is 4.61. The molecule has 2 aliphatic rings. The molecule has 0 aromatic heterocycles. The smallest absolute Gasteiger partial charge is 0.221 e. The van der Waals surface area contributed by atoms with Crippen molar-refractivity contribution in [3.8, 4) is 0 Å². The summed E-state index contributed by atoms with van der Waals surface area (Å²) in [6, 6.07) is 0.780. The van der Waals surface area contributed by atoms with Crippen molar-refractivity contribution in [3.63, 3.8) is 0 Å². The van der Waals surface area contributed by atoms with Crippen LogP contribution in [-0.4, -0.2) is 35.3 Å². The number of hydrogen-bond donors (Lipinski definition) is 1. The molecule has 102 valence electrons. The predicted octanol–water partition coefficient (Wildman–Crippen LogP) is 1.84. The van der Waals surface area contributed by atoms with Crippen LogP contribution in [0.15, 0.2) is 0 Å². The Labute approximate surface area is 109 Å². The van der Waals surface area contributed by atoms with Gasteiger partial charge in [-0.1, -0.05) is 19.3 Å². The second-order valence-corrected chi connectivity index (χ2v) is 5.60. The molecule has 0 heterocycles. The number of rotatable bonds is 5. The minimum Gasteiger partial charge on any atom is -0.353 e. The minimum absolute atomic E-state index is 0.0968. The monoisotopic (exact) mass is 252 g/mol. The van der Waals surface area contributed by atoms with Crippen LogP contribution in [0.1, 0.15) is 58.3 Å². The van der Waals surface area contributed by atoms with Crippen LogP contribution in [0.25, 0.3) is 0 Å². The van der Waals surface area contributed by atoms with Crippen LogP contribution in [0, 0.1) is 0 Å². The van der Waals surface area contributed by atoms with E-state index >= 15 is 0 Å². The quantitative estimate of drug-likeness (QED) is 0.811. The number of hydrogen-bond acceptors (Lipinski definition) is 2. The van der Waals surface area contributed by atoms with Gasteiger partial charge < -0.3 is 10.2 Å². The lowest BCUT2D eigenvalue weighted by atomic mass is 9.94. The fourth-order valence-electron chi connectivity index (χ4n) is 2.74. The Morgan fingerprint density at radius 2 is 1.78 bits per heavy atom. The molecule has 0 aromatic rings. The van der Waals surface area contributed by atoms with Gasteiger partial charge >= 0.3 is 0 Å². The van der Waals surface area contributed by atoms with E-state index in [1.165, 1.54) is 19.3 Å². The van der Waals surface area contributed by atoms with Crippen molar-refractivity contribution in [1.82, 2.24) is 10.2 Å². The van der Waals surface area contributed by atoms with Gasteiger partial charge in [0.05, 0.1) is 0 Å². The third kappa shape index (κ3) is 4.00. The molecule has 2 amide bonds. The van der Waals surface area contributed by atoms with E-state index in [-0.39, 0.29) is 11.8 Å². The minimum atomic E-state index is 0.0968. The third-order valence-corrected chi connectivity index (χ3v) is 3.94. The van der Waals surface area contributed by atoms with E-state index in [0.29, 0.717) is 25.0 Å². The lowest BCUT2D eigenvalue weighted by Gasteiger charge is -2.33. The first-order valence-corrected chi connectivity index (χ1v) is 7.23. The first kappa shape index (κ1) is 13.4. The Bertz CT molecular complexity index is 307. The molecule has 0 radical (unpaired) electrons. The molecular formula is C14H24N2O2. The maximum Gasteiger partial charge on any atom is 0.221 e. The van der Waals surface area contributed by atoms with Gasteiger partial charge in [0.1, 0.15) is 0 Å². The average molecular weight is 252 g/mol. The van der Waals surface area contributed by atoms with Gasteiger partial charge in [0.15, 0.2) is 0 Å². The van der Waals surface area contributed by atoms with Crippen LogP contribution in [-0.2, 0) is 9.59 Å². The fourth-order valence-corrected chi connectivity index (χ4v) is 2.74. The largest absolute Gasteiger partial charge is 0.353 e. The van der Waals surface area contributed by atoms with Gasteiger partial charge in [-0.25, -0.2) is 0 Å². The summed E-state index contributed by atoms with van der Waals surface area (Å²) in [5.41, 5.74) is 0. The van der Waals surface area contributed by atoms with Crippen molar-refractivity contribution in [2.75, 3.05) is 6.54 Å². The molecule has 2 saturated carbocycles. The molecule has 0 aliphatic heterocycles. The summed E-state index contributed by atoms with van der Waals surface area (Å²) in [5.74, 6) is 0.209. The normalized spacial score (nSPS) is 20.5. The number of amides is 2. The molecule has 18 heavy (non-hydrogen) atoms. The van der Waals surface area contributed by atoms with Crippen molar-refractivity contribution in [1.29, 1.82) is 0 Å². The van der Waals surface area contributed by atoms with E-state index in [0.717, 1.165) is 25.7 Å². The maximum atomic E-state index is 11.7. The van der Waals surface area contributed by atoms with Crippen LogP contribution in [0.5, 0.6) is 0 Å². The van der Waals surface area contributed by atoms with Crippen LogP contribution in [0.3, 0.4) is 0 Å². The van der Waals surface area contributed by atoms with Crippen molar-refractivity contribution in [2.45, 2.75) is 70.4 Å². The zero-order chi connectivity index (χ0) is 13.0. The first-order valence-electron chi connectivity index (χ1n) is 7.23. The Balaban J connectivity index is 1.77. The fraction of sp³-hybridized carbons (Fsp3) is 0.857. The molecule has 0 spiro atoms. The summed E-state index contributed by atoms with van der Waals surface area (Å²) in [4.78, 5) is 25.2. The lowest BCUT2D eigenvalue weighted by Crippen LogP contribution is -2.42. The van der Waals surface area contributed by atoms with E-state index in [4.69, 9.17) is 0 Å². The van der Waals surface area contributed by atoms with E-state index in [1.807, 2.05) is 4.90 Å². The van der Waals surface area contributed by atoms with Crippen molar-refractivity contribution in [2.24, 2.45) is 0 Å². The highest BCUT2D eigenvalue weighted by atomic mass is 16.2. The average Bonchev–Trinajstić information content (AvgIpc) is 3.14. The summed E-state index contributed by atoms with van der Waals surface area (Å²) in [7, 11) is 0. The van der Waals surface area contributed by atoms with E-state index in [9.17, 15) is 9.59 Å². The summed E-state index contributed by atoms with van der Waals surface area (Å²) in [5, 5.41) is 2.97. The number of nitrogens with zero attached hydrogens (tertiary/aromatic N) is 1. The second kappa shape index (κ2) is 6.21. The molecule has 4 nitrogen and oxygen atoms in total. The molecule has 0 aromatic carbocycles. The zero-order valence-electron chi connectivity index (χ0n) is 11.3. The van der Waals surface area contributed by atoms with Gasteiger partial charge in [-0.05, 0) is 25.7 Å². The summed E-state index contributed by atoms with van der Waals surface area (Å²) in [6.07, 6.45) is 8.59. The van der Waals surface area contributed by atoms with Crippen LogP contribution in [0.2, 0.25) is 0 Å². The van der Waals surface area contributed by atoms with Gasteiger partial charge in [0.2, 0.25) is 11.8 Å². The van der Waals surface area contributed by atoms with Crippen molar-refractivity contribution >= 4 is 11.8 Å². The van der Waals surface area contributed by atoms with Gasteiger partial charge in [-0.3, -0.25) is 9.59 Å². The van der Waals surface area contributed by atoms with Gasteiger partial charge in [-0.15, -0.1) is 0 Å². The molecule has 0 bridgehead atoms. The highest BCUT2D eigenvalue weighted by Gasteiger charge is 2.26. The Morgan fingerprint density at radius 1 is 1.11 bits per heavy atom. The molecule has 2 fully saturated rings. The summed E-state index contributed by atoms with van der Waals surface area (Å²) < 4.78 is 0. The van der Waals surface area contributed by atoms with E-state index in [1.54, 1.807) is 6.92 Å². The third-order valence-electron chi connectivity index (χ3n) is 3.94. The number of nitrogens with one attached hydrogen (secondary N) is 1. The standard InChI is InChI=1S/C14H24N2O2/c1-11(17)16(13-5-3-2-4-6-13)10-9-14(18)15-12-7-8-12/h12-13H,2-10H2,1H3,(H,15,18). The highest BCUT2D eigenvalue weighted by Crippen LogP contribution is 2.23. The highest BCUT2D eigenvalue weighted by molar-refractivity contribution is 5.78. The van der Waals surface area contributed by atoms with Crippen LogP contribution in [0.4, 0.5) is 0 Å².